The van der Waals surface area contributed by atoms with E-state index in [4.69, 9.17) is 19.6 Å². The lowest BCUT2D eigenvalue weighted by Crippen LogP contribution is -2.37. The predicted molar refractivity (Wildman–Crippen MR) is 124 cm³/mol. The maximum Gasteiger partial charge on any atom is 0.319 e. The Morgan fingerprint density at radius 1 is 1.29 bits per heavy atom. The largest absolute Gasteiger partial charge is 0.497 e. The van der Waals surface area contributed by atoms with Crippen LogP contribution in [0, 0.1) is 0 Å². The third-order valence-corrected chi connectivity index (χ3v) is 5.31. The first-order valence-electron chi connectivity index (χ1n) is 10.6. The quantitative estimate of drug-likeness (QED) is 0.326. The lowest BCUT2D eigenvalue weighted by atomic mass is 10.0. The molecule has 4 N–H and O–H groups in total. The summed E-state index contributed by atoms with van der Waals surface area (Å²) in [5.41, 5.74) is 8.99. The van der Waals surface area contributed by atoms with Crippen molar-refractivity contribution in [1.82, 2.24) is 15.2 Å². The fourth-order valence-corrected chi connectivity index (χ4v) is 3.61. The zero-order valence-corrected chi connectivity index (χ0v) is 18.5. The molecule has 2 heterocycles. The predicted octanol–water partition coefficient (Wildman–Crippen LogP) is 3.66. The van der Waals surface area contributed by atoms with Crippen molar-refractivity contribution in [2.75, 3.05) is 18.6 Å². The van der Waals surface area contributed by atoms with Crippen molar-refractivity contribution < 1.29 is 23.8 Å². The molecule has 2 aromatic heterocycles. The second-order valence-corrected chi connectivity index (χ2v) is 7.48. The first-order chi connectivity index (χ1) is 16.6. The van der Waals surface area contributed by atoms with Crippen molar-refractivity contribution in [2.45, 2.75) is 19.1 Å². The summed E-state index contributed by atoms with van der Waals surface area (Å²) < 4.78 is 16.2. The summed E-state index contributed by atoms with van der Waals surface area (Å²) in [6, 6.07) is 11.9. The van der Waals surface area contributed by atoms with Crippen LogP contribution in [0.1, 0.15) is 23.8 Å². The number of benzene rings is 2. The molecule has 0 aliphatic carbocycles. The van der Waals surface area contributed by atoms with Gasteiger partial charge in [-0.3, -0.25) is 10.00 Å². The Balaban J connectivity index is 1.64. The molecule has 1 unspecified atom stereocenters. The fourth-order valence-electron chi connectivity index (χ4n) is 3.61. The molecule has 0 aliphatic rings. The second kappa shape index (κ2) is 10.5. The maximum atomic E-state index is 12.6. The summed E-state index contributed by atoms with van der Waals surface area (Å²) in [6.45, 7) is 0.278. The number of rotatable bonds is 10. The first kappa shape index (κ1) is 22.9. The lowest BCUT2D eigenvalue weighted by Gasteiger charge is -2.26. The number of nitrogens with one attached hydrogen (secondary N) is 1. The van der Waals surface area contributed by atoms with Crippen LogP contribution in [0.2, 0.25) is 0 Å². The minimum absolute atomic E-state index is 0.136. The molecule has 1 atom stereocenters. The Kier molecular flexibility index (Phi) is 7.09. The van der Waals surface area contributed by atoms with Gasteiger partial charge in [0.15, 0.2) is 6.39 Å². The number of ether oxygens (including phenoxy) is 2. The molecular formula is C24H25N5O5. The normalized spacial score (nSPS) is 11.7. The molecule has 0 spiro atoms. The zero-order valence-electron chi connectivity index (χ0n) is 18.5. The number of aliphatic hydroxyl groups is 1. The molecule has 0 fully saturated rings. The Morgan fingerprint density at radius 2 is 2.15 bits per heavy atom. The summed E-state index contributed by atoms with van der Waals surface area (Å²) in [5, 5.41) is 17.6. The van der Waals surface area contributed by atoms with E-state index in [0.717, 1.165) is 5.56 Å². The average Bonchev–Trinajstić information content (AvgIpc) is 3.57. The van der Waals surface area contributed by atoms with Crippen LogP contribution in [0.15, 0.2) is 71.9 Å². The number of amides is 2. The van der Waals surface area contributed by atoms with E-state index in [-0.39, 0.29) is 19.6 Å². The van der Waals surface area contributed by atoms with E-state index in [2.05, 4.69) is 15.2 Å². The van der Waals surface area contributed by atoms with Gasteiger partial charge in [-0.05, 0) is 30.2 Å². The number of para-hydroxylation sites is 1. The molecule has 0 saturated carbocycles. The number of hydrogen-bond donors (Lipinski definition) is 3. The van der Waals surface area contributed by atoms with Gasteiger partial charge in [-0.15, -0.1) is 0 Å². The minimum Gasteiger partial charge on any atom is -0.497 e. The average molecular weight is 463 g/mol. The molecule has 2 aromatic carbocycles. The van der Waals surface area contributed by atoms with Crippen LogP contribution < -0.4 is 20.1 Å². The molecule has 0 radical (unpaired) electrons. The molecular weight excluding hydrogens is 438 g/mol. The van der Waals surface area contributed by atoms with Crippen LogP contribution in [-0.4, -0.2) is 40.0 Å². The van der Waals surface area contributed by atoms with Gasteiger partial charge in [0.05, 0.1) is 25.1 Å². The SMILES string of the molecule is COc1cccc(C(O)CCN(C(N)=O)c2c(OCc3cocn3)cccc2-c2cn[nH]c2)c1. The molecule has 4 rings (SSSR count). The van der Waals surface area contributed by atoms with Gasteiger partial charge in [-0.1, -0.05) is 24.3 Å². The van der Waals surface area contributed by atoms with Crippen molar-refractivity contribution in [3.63, 3.8) is 0 Å². The highest BCUT2D eigenvalue weighted by molar-refractivity contribution is 5.98. The number of methoxy groups -OCH3 is 1. The van der Waals surface area contributed by atoms with E-state index in [1.165, 1.54) is 17.6 Å². The maximum absolute atomic E-state index is 12.6. The van der Waals surface area contributed by atoms with Crippen molar-refractivity contribution in [2.24, 2.45) is 5.73 Å². The van der Waals surface area contributed by atoms with Gasteiger partial charge < -0.3 is 24.7 Å². The number of H-pyrrole nitrogens is 1. The van der Waals surface area contributed by atoms with E-state index >= 15 is 0 Å². The summed E-state index contributed by atoms with van der Waals surface area (Å²) >= 11 is 0. The highest BCUT2D eigenvalue weighted by Gasteiger charge is 2.24. The Labute approximate surface area is 195 Å². The molecule has 10 heteroatoms. The lowest BCUT2D eigenvalue weighted by molar-refractivity contribution is 0.169. The van der Waals surface area contributed by atoms with Crippen molar-refractivity contribution in [3.05, 3.63) is 78.8 Å². The second-order valence-electron chi connectivity index (χ2n) is 7.48. The van der Waals surface area contributed by atoms with E-state index in [9.17, 15) is 9.90 Å². The highest BCUT2D eigenvalue weighted by atomic mass is 16.5. The number of carbonyl (C=O) groups is 1. The van der Waals surface area contributed by atoms with Gasteiger partial charge in [0, 0.05) is 23.9 Å². The molecule has 0 aliphatic heterocycles. The number of hydrogen-bond acceptors (Lipinski definition) is 7. The van der Waals surface area contributed by atoms with E-state index in [0.29, 0.717) is 34.0 Å². The molecule has 10 nitrogen and oxygen atoms in total. The summed E-state index contributed by atoms with van der Waals surface area (Å²) in [7, 11) is 1.56. The molecule has 4 aromatic rings. The third-order valence-electron chi connectivity index (χ3n) is 5.31. The highest BCUT2D eigenvalue weighted by Crippen LogP contribution is 2.39. The Bertz CT molecular complexity index is 1210. The van der Waals surface area contributed by atoms with Crippen molar-refractivity contribution in [3.8, 4) is 22.6 Å². The molecule has 0 bridgehead atoms. The van der Waals surface area contributed by atoms with Crippen LogP contribution in [0.5, 0.6) is 11.5 Å². The number of aliphatic hydroxyl groups excluding tert-OH is 1. The van der Waals surface area contributed by atoms with Crippen LogP contribution in [0.25, 0.3) is 11.1 Å². The Hall–Kier alpha value is -4.31. The van der Waals surface area contributed by atoms with Crippen molar-refractivity contribution in [1.29, 1.82) is 0 Å². The Morgan fingerprint density at radius 3 is 2.85 bits per heavy atom. The number of carbonyl (C=O) groups excluding carboxylic acids is 1. The summed E-state index contributed by atoms with van der Waals surface area (Å²) in [4.78, 5) is 18.1. The van der Waals surface area contributed by atoms with Gasteiger partial charge in [0.25, 0.3) is 0 Å². The van der Waals surface area contributed by atoms with E-state index in [1.54, 1.807) is 49.8 Å². The topological polar surface area (TPSA) is 140 Å². The minimum atomic E-state index is -0.836. The standard InChI is InChI=1S/C24H25N5O5/c1-32-19-5-2-4-16(10-19)21(30)8-9-29(24(25)31)23-20(17-11-27-28-12-17)6-3-7-22(23)34-14-18-13-33-15-26-18/h2-7,10-13,15,21,30H,8-9,14H2,1H3,(H2,25,31)(H,27,28). The number of urea groups is 1. The van der Waals surface area contributed by atoms with Gasteiger partial charge >= 0.3 is 6.03 Å². The molecule has 2 amide bonds. The van der Waals surface area contributed by atoms with Gasteiger partial charge in [-0.25, -0.2) is 9.78 Å². The smallest absolute Gasteiger partial charge is 0.319 e. The monoisotopic (exact) mass is 463 g/mol. The van der Waals surface area contributed by atoms with E-state index < -0.39 is 12.1 Å². The molecule has 0 saturated heterocycles. The first-order valence-corrected chi connectivity index (χ1v) is 10.6. The molecule has 176 valence electrons. The number of nitrogens with zero attached hydrogens (tertiary/aromatic N) is 3. The van der Waals surface area contributed by atoms with Crippen LogP contribution in [0.4, 0.5) is 10.5 Å². The summed E-state index contributed by atoms with van der Waals surface area (Å²) in [6.07, 6.45) is 5.55. The van der Waals surface area contributed by atoms with Gasteiger partial charge in [0.2, 0.25) is 0 Å². The van der Waals surface area contributed by atoms with Gasteiger partial charge in [0.1, 0.15) is 30.1 Å². The number of aromatic nitrogens is 3. The number of aromatic amines is 1. The number of nitrogens with two attached hydrogens (primary N) is 1. The fraction of sp³-hybridized carbons (Fsp3) is 0.208. The van der Waals surface area contributed by atoms with E-state index in [1.807, 2.05) is 12.1 Å². The van der Waals surface area contributed by atoms with Crippen molar-refractivity contribution >= 4 is 11.7 Å². The molecule has 34 heavy (non-hydrogen) atoms. The summed E-state index contributed by atoms with van der Waals surface area (Å²) in [5.74, 6) is 1.06. The number of anilines is 1. The van der Waals surface area contributed by atoms with Crippen LogP contribution in [-0.2, 0) is 6.61 Å². The van der Waals surface area contributed by atoms with Crippen LogP contribution >= 0.6 is 0 Å². The number of oxazole rings is 1. The van der Waals surface area contributed by atoms with Gasteiger partial charge in [-0.2, -0.15) is 5.10 Å². The van der Waals surface area contributed by atoms with Crippen LogP contribution in [0.3, 0.4) is 0 Å². The number of primary amides is 1. The third kappa shape index (κ3) is 5.18. The zero-order chi connectivity index (χ0) is 23.9.